The van der Waals surface area contributed by atoms with Gasteiger partial charge >= 0.3 is 5.97 Å². The standard InChI is InChI=1S/C49H54O7/c1-4-29-52-30-15-14-16-37-24-26-38(27-25-37)31-43-32-42(28-23-36(43)2)44-45(53-33-39-17-8-5-9-18-39)46(54-34-40-19-10-6-11-20-40)47(49(3,56-44)48(50)51)55-35-41-21-12-7-13-22-41/h4-13,17-28,32,44-47H,1,14-16,29-31,33-35H2,2-3H3,(H,50,51)/t44-,45-,46+,47-,49-/m0/s1. The maximum Gasteiger partial charge on any atom is 0.338 e. The molecule has 7 heteroatoms. The van der Waals surface area contributed by atoms with E-state index in [0.717, 1.165) is 59.3 Å². The second kappa shape index (κ2) is 20.3. The molecule has 0 amide bonds. The van der Waals surface area contributed by atoms with E-state index in [-0.39, 0.29) is 19.8 Å². The summed E-state index contributed by atoms with van der Waals surface area (Å²) >= 11 is 0. The SMILES string of the molecule is C=CCOCCCCc1ccc(Cc2cc([C@@H]3O[C@](C)(C(=O)O)[C@@H](OCc4ccccc4)[C@H](OCc4ccccc4)[C@H]3OCc3ccccc3)ccc2C)cc1. The molecule has 7 nitrogen and oxygen atoms in total. The molecule has 1 saturated heterocycles. The molecule has 1 aliphatic heterocycles. The minimum absolute atomic E-state index is 0.177. The van der Waals surface area contributed by atoms with Crippen molar-refractivity contribution in [2.45, 2.75) is 89.4 Å². The molecule has 1 aliphatic rings. The molecule has 5 aromatic rings. The summed E-state index contributed by atoms with van der Waals surface area (Å²) in [6.07, 6.45) is 2.25. The van der Waals surface area contributed by atoms with Crippen LogP contribution in [0.1, 0.15) is 70.4 Å². The van der Waals surface area contributed by atoms with Crippen molar-refractivity contribution >= 4 is 5.97 Å². The number of ether oxygens (including phenoxy) is 5. The lowest BCUT2D eigenvalue weighted by Crippen LogP contribution is -2.65. The van der Waals surface area contributed by atoms with Crippen molar-refractivity contribution in [3.8, 4) is 0 Å². The van der Waals surface area contributed by atoms with Crippen molar-refractivity contribution in [3.63, 3.8) is 0 Å². The van der Waals surface area contributed by atoms with Crippen molar-refractivity contribution in [2.24, 2.45) is 0 Å². The second-order valence-electron chi connectivity index (χ2n) is 14.7. The smallest absolute Gasteiger partial charge is 0.338 e. The summed E-state index contributed by atoms with van der Waals surface area (Å²) in [6, 6.07) is 44.6. The molecule has 0 saturated carbocycles. The molecule has 1 heterocycles. The Labute approximate surface area is 331 Å². The van der Waals surface area contributed by atoms with Crippen LogP contribution in [0.2, 0.25) is 0 Å². The van der Waals surface area contributed by atoms with Gasteiger partial charge in [-0.2, -0.15) is 0 Å². The number of carbonyl (C=O) groups is 1. The van der Waals surface area contributed by atoms with Crippen LogP contribution in [-0.4, -0.2) is 48.2 Å². The minimum Gasteiger partial charge on any atom is -0.479 e. The Balaban J connectivity index is 1.31. The lowest BCUT2D eigenvalue weighted by molar-refractivity contribution is -0.296. The first-order chi connectivity index (χ1) is 27.3. The average molecular weight is 755 g/mol. The molecule has 6 rings (SSSR count). The molecule has 0 spiro atoms. The van der Waals surface area contributed by atoms with Crippen LogP contribution < -0.4 is 0 Å². The molecule has 1 N–H and O–H groups in total. The van der Waals surface area contributed by atoms with E-state index in [0.29, 0.717) is 13.0 Å². The number of aryl methyl sites for hydroxylation is 2. The number of hydrogen-bond acceptors (Lipinski definition) is 6. The molecule has 0 unspecified atom stereocenters. The van der Waals surface area contributed by atoms with Gasteiger partial charge in [-0.25, -0.2) is 4.79 Å². The summed E-state index contributed by atoms with van der Waals surface area (Å²) in [5, 5.41) is 10.9. The predicted octanol–water partition coefficient (Wildman–Crippen LogP) is 9.78. The van der Waals surface area contributed by atoms with Crippen molar-refractivity contribution in [3.05, 3.63) is 191 Å². The lowest BCUT2D eigenvalue weighted by Gasteiger charge is -2.50. The van der Waals surface area contributed by atoms with E-state index in [1.54, 1.807) is 13.0 Å². The highest BCUT2D eigenvalue weighted by Crippen LogP contribution is 2.44. The molecule has 0 radical (unpaired) electrons. The van der Waals surface area contributed by atoms with Crippen molar-refractivity contribution in [1.82, 2.24) is 0 Å². The summed E-state index contributed by atoms with van der Waals surface area (Å²) in [5.74, 6) is -1.13. The van der Waals surface area contributed by atoms with Gasteiger partial charge in [0.25, 0.3) is 0 Å². The summed E-state index contributed by atoms with van der Waals surface area (Å²) in [4.78, 5) is 13.4. The van der Waals surface area contributed by atoms with Gasteiger partial charge in [-0.15, -0.1) is 6.58 Å². The average Bonchev–Trinajstić information content (AvgIpc) is 3.22. The van der Waals surface area contributed by atoms with Crippen LogP contribution in [0.3, 0.4) is 0 Å². The largest absolute Gasteiger partial charge is 0.479 e. The van der Waals surface area contributed by atoms with Gasteiger partial charge in [-0.05, 0) is 84.0 Å². The van der Waals surface area contributed by atoms with Gasteiger partial charge < -0.3 is 28.8 Å². The summed E-state index contributed by atoms with van der Waals surface area (Å²) in [7, 11) is 0. The monoisotopic (exact) mass is 754 g/mol. The number of aliphatic carboxylic acids is 1. The Morgan fingerprint density at radius 1 is 0.714 bits per heavy atom. The van der Waals surface area contributed by atoms with Crippen LogP contribution >= 0.6 is 0 Å². The number of hydrogen-bond donors (Lipinski definition) is 1. The number of carboxylic acids is 1. The molecular weight excluding hydrogens is 701 g/mol. The fourth-order valence-corrected chi connectivity index (χ4v) is 7.20. The van der Waals surface area contributed by atoms with Gasteiger partial charge in [0, 0.05) is 6.61 Å². The highest BCUT2D eigenvalue weighted by Gasteiger charge is 2.58. The van der Waals surface area contributed by atoms with Crippen LogP contribution in [-0.2, 0) is 61.1 Å². The first-order valence-corrected chi connectivity index (χ1v) is 19.6. The van der Waals surface area contributed by atoms with Crippen molar-refractivity contribution in [1.29, 1.82) is 0 Å². The Morgan fingerprint density at radius 2 is 1.27 bits per heavy atom. The first kappa shape index (κ1) is 40.8. The minimum atomic E-state index is -1.77. The number of unbranched alkanes of at least 4 members (excludes halogenated alkanes) is 1. The van der Waals surface area contributed by atoms with Gasteiger partial charge in [0.2, 0.25) is 0 Å². The van der Waals surface area contributed by atoms with Gasteiger partial charge in [0.1, 0.15) is 24.4 Å². The zero-order valence-corrected chi connectivity index (χ0v) is 32.6. The van der Waals surface area contributed by atoms with E-state index >= 15 is 0 Å². The number of rotatable bonds is 20. The molecule has 56 heavy (non-hydrogen) atoms. The number of carboxylic acid groups (broad SMARTS) is 1. The highest BCUT2D eigenvalue weighted by molar-refractivity contribution is 5.78. The third kappa shape index (κ3) is 10.9. The molecule has 0 bridgehead atoms. The van der Waals surface area contributed by atoms with Crippen LogP contribution in [0, 0.1) is 6.92 Å². The predicted molar refractivity (Wildman–Crippen MR) is 219 cm³/mol. The van der Waals surface area contributed by atoms with E-state index in [4.69, 9.17) is 23.7 Å². The van der Waals surface area contributed by atoms with Gasteiger partial charge in [-0.1, -0.05) is 140 Å². The number of benzene rings is 5. The Kier molecular flexibility index (Phi) is 14.8. The lowest BCUT2D eigenvalue weighted by atomic mass is 9.82. The van der Waals surface area contributed by atoms with Gasteiger partial charge in [0.05, 0.1) is 26.4 Å². The van der Waals surface area contributed by atoms with E-state index in [1.165, 1.54) is 11.1 Å². The molecule has 292 valence electrons. The quantitative estimate of drug-likeness (QED) is 0.0626. The molecular formula is C49H54O7. The Bertz CT molecular complexity index is 1950. The molecule has 0 aromatic heterocycles. The zero-order chi connectivity index (χ0) is 39.2. The summed E-state index contributed by atoms with van der Waals surface area (Å²) in [6.45, 7) is 9.43. The third-order valence-corrected chi connectivity index (χ3v) is 10.5. The molecule has 5 aromatic carbocycles. The fourth-order valence-electron chi connectivity index (χ4n) is 7.20. The van der Waals surface area contributed by atoms with Crippen molar-refractivity contribution < 1.29 is 33.6 Å². The van der Waals surface area contributed by atoms with Gasteiger partial charge in [-0.3, -0.25) is 0 Å². The van der Waals surface area contributed by atoms with Crippen LogP contribution in [0.15, 0.2) is 146 Å². The maximum atomic E-state index is 13.4. The Hall–Kier alpha value is -4.89. The zero-order valence-electron chi connectivity index (χ0n) is 32.6. The fraction of sp³-hybridized carbons (Fsp3) is 0.327. The first-order valence-electron chi connectivity index (χ1n) is 19.6. The third-order valence-electron chi connectivity index (χ3n) is 10.5. The van der Waals surface area contributed by atoms with Crippen LogP contribution in [0.4, 0.5) is 0 Å². The van der Waals surface area contributed by atoms with E-state index < -0.39 is 36.0 Å². The van der Waals surface area contributed by atoms with Gasteiger partial charge in [0.15, 0.2) is 5.60 Å². The van der Waals surface area contributed by atoms with Crippen LogP contribution in [0.5, 0.6) is 0 Å². The van der Waals surface area contributed by atoms with Crippen molar-refractivity contribution in [2.75, 3.05) is 13.2 Å². The Morgan fingerprint density at radius 3 is 1.84 bits per heavy atom. The normalized spacial score (nSPS) is 20.8. The molecule has 5 atom stereocenters. The topological polar surface area (TPSA) is 83.5 Å². The molecule has 1 fully saturated rings. The van der Waals surface area contributed by atoms with Crippen LogP contribution in [0.25, 0.3) is 0 Å². The maximum absolute atomic E-state index is 13.4. The highest BCUT2D eigenvalue weighted by atomic mass is 16.6. The van der Waals surface area contributed by atoms with E-state index in [9.17, 15) is 9.90 Å². The van der Waals surface area contributed by atoms with E-state index in [1.807, 2.05) is 97.1 Å². The summed E-state index contributed by atoms with van der Waals surface area (Å²) < 4.78 is 32.5. The molecule has 0 aliphatic carbocycles. The van der Waals surface area contributed by atoms with E-state index in [2.05, 4.69) is 49.9 Å². The second-order valence-corrected chi connectivity index (χ2v) is 14.7. The summed E-state index contributed by atoms with van der Waals surface area (Å²) in [5.41, 5.74) is 6.66.